The predicted molar refractivity (Wildman–Crippen MR) is 92.2 cm³/mol. The molecule has 24 heavy (non-hydrogen) atoms. The molecule has 2 heterocycles. The molecule has 7 heteroatoms. The van der Waals surface area contributed by atoms with Crippen LogP contribution in [0.2, 0.25) is 0 Å². The minimum Gasteiger partial charge on any atom is -0.379 e. The van der Waals surface area contributed by atoms with E-state index in [0.717, 1.165) is 45.1 Å². The summed E-state index contributed by atoms with van der Waals surface area (Å²) in [5, 5.41) is 6.00. The van der Waals surface area contributed by atoms with Crippen molar-refractivity contribution in [3.8, 4) is 0 Å². The molecular weight excluding hydrogens is 306 g/mol. The third-order valence-electron chi connectivity index (χ3n) is 3.75. The molecule has 3 rings (SSSR count). The highest BCUT2D eigenvalue weighted by Gasteiger charge is 2.10. The smallest absolute Gasteiger partial charge is 0.275 e. The fourth-order valence-electron chi connectivity index (χ4n) is 2.42. The first-order valence-corrected chi connectivity index (χ1v) is 8.04. The summed E-state index contributed by atoms with van der Waals surface area (Å²) in [6.07, 6.45) is 3.06. The van der Waals surface area contributed by atoms with Gasteiger partial charge in [-0.25, -0.2) is 9.97 Å². The standard InChI is InChI=1S/C17H21N5O2/c23-17(21-14-4-2-1-3-5-14)15-12-20-16(13-19-15)18-6-7-22-8-10-24-11-9-22/h1-5,12-13H,6-11H2,(H,18,20)(H,21,23). The van der Waals surface area contributed by atoms with E-state index in [1.165, 1.54) is 6.20 Å². The van der Waals surface area contributed by atoms with E-state index in [1.54, 1.807) is 6.20 Å². The van der Waals surface area contributed by atoms with E-state index < -0.39 is 0 Å². The van der Waals surface area contributed by atoms with E-state index in [0.29, 0.717) is 5.82 Å². The van der Waals surface area contributed by atoms with Crippen LogP contribution in [0.5, 0.6) is 0 Å². The third kappa shape index (κ3) is 4.74. The van der Waals surface area contributed by atoms with Crippen LogP contribution in [0.25, 0.3) is 0 Å². The zero-order valence-corrected chi connectivity index (χ0v) is 13.4. The average molecular weight is 327 g/mol. The van der Waals surface area contributed by atoms with E-state index in [-0.39, 0.29) is 11.6 Å². The van der Waals surface area contributed by atoms with Gasteiger partial charge in [-0.05, 0) is 12.1 Å². The molecule has 1 aromatic carbocycles. The number of anilines is 2. The molecule has 1 aromatic heterocycles. The van der Waals surface area contributed by atoms with Crippen LogP contribution in [-0.2, 0) is 4.74 Å². The summed E-state index contributed by atoms with van der Waals surface area (Å²) in [6, 6.07) is 9.28. The summed E-state index contributed by atoms with van der Waals surface area (Å²) in [4.78, 5) is 22.8. The van der Waals surface area contributed by atoms with Crippen molar-refractivity contribution in [2.75, 3.05) is 50.0 Å². The summed E-state index contributed by atoms with van der Waals surface area (Å²) in [6.45, 7) is 5.24. The van der Waals surface area contributed by atoms with E-state index in [9.17, 15) is 4.79 Å². The monoisotopic (exact) mass is 327 g/mol. The molecular formula is C17H21N5O2. The van der Waals surface area contributed by atoms with E-state index in [2.05, 4.69) is 25.5 Å². The van der Waals surface area contributed by atoms with Crippen molar-refractivity contribution < 1.29 is 9.53 Å². The van der Waals surface area contributed by atoms with Crippen LogP contribution in [0.1, 0.15) is 10.5 Å². The first kappa shape index (κ1) is 16.4. The number of rotatable bonds is 6. The van der Waals surface area contributed by atoms with Crippen LogP contribution in [0.4, 0.5) is 11.5 Å². The molecule has 0 bridgehead atoms. The number of hydrogen-bond donors (Lipinski definition) is 2. The first-order valence-electron chi connectivity index (χ1n) is 8.04. The highest BCUT2D eigenvalue weighted by atomic mass is 16.5. The quantitative estimate of drug-likeness (QED) is 0.836. The van der Waals surface area contributed by atoms with Crippen molar-refractivity contribution >= 4 is 17.4 Å². The Labute approximate surface area is 141 Å². The number of nitrogens with one attached hydrogen (secondary N) is 2. The van der Waals surface area contributed by atoms with Gasteiger partial charge in [-0.1, -0.05) is 18.2 Å². The Balaban J connectivity index is 1.47. The molecule has 1 aliphatic heterocycles. The third-order valence-corrected chi connectivity index (χ3v) is 3.75. The number of carbonyl (C=O) groups excluding carboxylic acids is 1. The Morgan fingerprint density at radius 1 is 1.12 bits per heavy atom. The van der Waals surface area contributed by atoms with Gasteiger partial charge in [-0.2, -0.15) is 0 Å². The van der Waals surface area contributed by atoms with Crippen molar-refractivity contribution in [3.05, 3.63) is 48.4 Å². The molecule has 0 unspecified atom stereocenters. The normalized spacial score (nSPS) is 15.0. The van der Waals surface area contributed by atoms with Crippen molar-refractivity contribution in [2.45, 2.75) is 0 Å². The number of aromatic nitrogens is 2. The van der Waals surface area contributed by atoms with Crippen molar-refractivity contribution in [1.29, 1.82) is 0 Å². The topological polar surface area (TPSA) is 79.4 Å². The molecule has 1 saturated heterocycles. The lowest BCUT2D eigenvalue weighted by atomic mass is 10.3. The zero-order chi connectivity index (χ0) is 16.6. The largest absolute Gasteiger partial charge is 0.379 e. The number of morpholine rings is 1. The van der Waals surface area contributed by atoms with Crippen LogP contribution >= 0.6 is 0 Å². The molecule has 0 radical (unpaired) electrons. The van der Waals surface area contributed by atoms with Gasteiger partial charge < -0.3 is 15.4 Å². The van der Waals surface area contributed by atoms with Gasteiger partial charge >= 0.3 is 0 Å². The average Bonchev–Trinajstić information content (AvgIpc) is 2.64. The van der Waals surface area contributed by atoms with Gasteiger partial charge in [0, 0.05) is 31.9 Å². The molecule has 0 spiro atoms. The lowest BCUT2D eigenvalue weighted by Crippen LogP contribution is -2.39. The second kappa shape index (κ2) is 8.37. The SMILES string of the molecule is O=C(Nc1ccccc1)c1cnc(NCCN2CCOCC2)cn1. The molecule has 7 nitrogen and oxygen atoms in total. The summed E-state index contributed by atoms with van der Waals surface area (Å²) in [7, 11) is 0. The molecule has 0 aliphatic carbocycles. The highest BCUT2D eigenvalue weighted by Crippen LogP contribution is 2.08. The Morgan fingerprint density at radius 3 is 2.62 bits per heavy atom. The van der Waals surface area contributed by atoms with Crippen LogP contribution in [0.15, 0.2) is 42.7 Å². The maximum Gasteiger partial charge on any atom is 0.275 e. The summed E-state index contributed by atoms with van der Waals surface area (Å²) in [5.74, 6) is 0.396. The number of nitrogens with zero attached hydrogens (tertiary/aromatic N) is 3. The molecule has 1 amide bonds. The number of ether oxygens (including phenoxy) is 1. The molecule has 0 saturated carbocycles. The van der Waals surface area contributed by atoms with Crippen LogP contribution in [-0.4, -0.2) is 60.2 Å². The maximum atomic E-state index is 12.1. The minimum absolute atomic E-state index is 0.270. The van der Waals surface area contributed by atoms with Gasteiger partial charge in [-0.3, -0.25) is 9.69 Å². The van der Waals surface area contributed by atoms with E-state index in [4.69, 9.17) is 4.74 Å². The summed E-state index contributed by atoms with van der Waals surface area (Å²) in [5.41, 5.74) is 1.02. The molecule has 2 aromatic rings. The van der Waals surface area contributed by atoms with Crippen molar-refractivity contribution in [2.24, 2.45) is 0 Å². The molecule has 1 aliphatic rings. The second-order valence-electron chi connectivity index (χ2n) is 5.49. The van der Waals surface area contributed by atoms with Crippen LogP contribution in [0, 0.1) is 0 Å². The van der Waals surface area contributed by atoms with Gasteiger partial charge in [0.2, 0.25) is 0 Å². The Kier molecular flexibility index (Phi) is 5.70. The fraction of sp³-hybridized carbons (Fsp3) is 0.353. The molecule has 1 fully saturated rings. The van der Waals surface area contributed by atoms with Crippen LogP contribution in [0.3, 0.4) is 0 Å². The first-order chi connectivity index (χ1) is 11.8. The van der Waals surface area contributed by atoms with Crippen molar-refractivity contribution in [3.63, 3.8) is 0 Å². The number of carbonyl (C=O) groups is 1. The maximum absolute atomic E-state index is 12.1. The zero-order valence-electron chi connectivity index (χ0n) is 13.4. The van der Waals surface area contributed by atoms with Gasteiger partial charge in [0.25, 0.3) is 5.91 Å². The highest BCUT2D eigenvalue weighted by molar-refractivity contribution is 6.02. The minimum atomic E-state index is -0.270. The number of benzene rings is 1. The van der Waals surface area contributed by atoms with E-state index in [1.807, 2.05) is 30.3 Å². The summed E-state index contributed by atoms with van der Waals surface area (Å²) < 4.78 is 5.32. The van der Waals surface area contributed by atoms with Gasteiger partial charge in [0.1, 0.15) is 11.5 Å². The van der Waals surface area contributed by atoms with Crippen LogP contribution < -0.4 is 10.6 Å². The summed E-state index contributed by atoms with van der Waals surface area (Å²) >= 11 is 0. The van der Waals surface area contributed by atoms with Gasteiger partial charge in [0.05, 0.1) is 25.6 Å². The Morgan fingerprint density at radius 2 is 1.92 bits per heavy atom. The molecule has 0 atom stereocenters. The van der Waals surface area contributed by atoms with Gasteiger partial charge in [0.15, 0.2) is 0 Å². The Bertz CT molecular complexity index is 642. The molecule has 126 valence electrons. The number of para-hydroxylation sites is 1. The second-order valence-corrected chi connectivity index (χ2v) is 5.49. The molecule has 2 N–H and O–H groups in total. The fourth-order valence-corrected chi connectivity index (χ4v) is 2.42. The Hall–Kier alpha value is -2.51. The van der Waals surface area contributed by atoms with Gasteiger partial charge in [-0.15, -0.1) is 0 Å². The van der Waals surface area contributed by atoms with E-state index >= 15 is 0 Å². The lowest BCUT2D eigenvalue weighted by Gasteiger charge is -2.26. The number of amides is 1. The van der Waals surface area contributed by atoms with Crippen molar-refractivity contribution in [1.82, 2.24) is 14.9 Å². The number of hydrogen-bond acceptors (Lipinski definition) is 6. The predicted octanol–water partition coefficient (Wildman–Crippen LogP) is 1.47. The lowest BCUT2D eigenvalue weighted by molar-refractivity contribution is 0.0398.